The van der Waals surface area contributed by atoms with Gasteiger partial charge in [-0.05, 0) is 31.0 Å². The zero-order valence-electron chi connectivity index (χ0n) is 11.6. The number of nitrogens with zero attached hydrogens (tertiary/aromatic N) is 1. The van der Waals surface area contributed by atoms with Crippen molar-refractivity contribution in [3.63, 3.8) is 0 Å². The number of benzene rings is 1. The lowest BCUT2D eigenvalue weighted by Crippen LogP contribution is -2.37. The maximum atomic E-state index is 11.7. The summed E-state index contributed by atoms with van der Waals surface area (Å²) in [5, 5.41) is 5.72. The number of aliphatic imine (C=N–C) groups is 1. The summed E-state index contributed by atoms with van der Waals surface area (Å²) >= 11 is 3.35. The number of amides is 1. The van der Waals surface area contributed by atoms with Gasteiger partial charge in [-0.25, -0.2) is 4.99 Å². The molecular formula is C14H19BrN4O2. The molecule has 0 saturated carbocycles. The molecule has 1 fully saturated rings. The molecule has 21 heavy (non-hydrogen) atoms. The summed E-state index contributed by atoms with van der Waals surface area (Å²) < 4.78 is 6.37. The molecule has 1 aliphatic heterocycles. The van der Waals surface area contributed by atoms with Crippen LogP contribution in [0.4, 0.5) is 5.69 Å². The standard InChI is InChI=1S/C14H19BrN4O2/c15-10-3-1-4-11(7-10)19-13(20)9-18-14(16)17-8-12-5-2-6-21-12/h1,3-4,7,12H,2,5-6,8-9H2,(H,19,20)(H3,16,17,18). The molecule has 1 heterocycles. The highest BCUT2D eigenvalue weighted by Gasteiger charge is 2.14. The molecule has 6 nitrogen and oxygen atoms in total. The second-order valence-corrected chi connectivity index (χ2v) is 5.69. The van der Waals surface area contributed by atoms with E-state index in [2.05, 4.69) is 31.6 Å². The highest BCUT2D eigenvalue weighted by molar-refractivity contribution is 9.10. The molecule has 1 unspecified atom stereocenters. The molecule has 0 radical (unpaired) electrons. The summed E-state index contributed by atoms with van der Waals surface area (Å²) in [7, 11) is 0. The van der Waals surface area contributed by atoms with E-state index in [0.717, 1.165) is 29.6 Å². The molecule has 0 aromatic heterocycles. The number of carbonyl (C=O) groups is 1. The van der Waals surface area contributed by atoms with Crippen LogP contribution in [0.2, 0.25) is 0 Å². The van der Waals surface area contributed by atoms with Gasteiger partial charge < -0.3 is 21.1 Å². The van der Waals surface area contributed by atoms with Gasteiger partial charge in [-0.15, -0.1) is 0 Å². The second-order valence-electron chi connectivity index (χ2n) is 4.78. The highest BCUT2D eigenvalue weighted by Crippen LogP contribution is 2.15. The number of hydrogen-bond acceptors (Lipinski definition) is 3. The van der Waals surface area contributed by atoms with Crippen LogP contribution in [0.25, 0.3) is 0 Å². The van der Waals surface area contributed by atoms with Gasteiger partial charge in [0, 0.05) is 23.3 Å². The number of halogens is 1. The van der Waals surface area contributed by atoms with Crippen LogP contribution in [-0.2, 0) is 9.53 Å². The number of carbonyl (C=O) groups excluding carboxylic acids is 1. The minimum Gasteiger partial charge on any atom is -0.376 e. The number of guanidine groups is 1. The van der Waals surface area contributed by atoms with E-state index < -0.39 is 0 Å². The van der Waals surface area contributed by atoms with Crippen molar-refractivity contribution in [3.05, 3.63) is 28.7 Å². The fourth-order valence-electron chi connectivity index (χ4n) is 2.00. The molecule has 1 aliphatic rings. The van der Waals surface area contributed by atoms with E-state index in [9.17, 15) is 4.79 Å². The van der Waals surface area contributed by atoms with Crippen molar-refractivity contribution in [2.45, 2.75) is 18.9 Å². The van der Waals surface area contributed by atoms with E-state index in [1.165, 1.54) is 0 Å². The first-order valence-corrected chi connectivity index (χ1v) is 7.63. The number of ether oxygens (including phenoxy) is 1. The van der Waals surface area contributed by atoms with Crippen molar-refractivity contribution in [2.75, 3.05) is 25.0 Å². The third kappa shape index (κ3) is 5.73. The molecule has 0 bridgehead atoms. The van der Waals surface area contributed by atoms with Crippen molar-refractivity contribution >= 4 is 33.5 Å². The Labute approximate surface area is 132 Å². The van der Waals surface area contributed by atoms with Gasteiger partial charge in [0.2, 0.25) is 5.91 Å². The molecular weight excluding hydrogens is 336 g/mol. The van der Waals surface area contributed by atoms with E-state index in [0.29, 0.717) is 6.54 Å². The molecule has 2 rings (SSSR count). The van der Waals surface area contributed by atoms with Gasteiger partial charge in [0.05, 0.1) is 6.10 Å². The van der Waals surface area contributed by atoms with Crippen molar-refractivity contribution < 1.29 is 9.53 Å². The lowest BCUT2D eigenvalue weighted by atomic mass is 10.2. The molecule has 1 aromatic carbocycles. The Kier molecular flexibility index (Phi) is 6.01. The van der Waals surface area contributed by atoms with Crippen molar-refractivity contribution in [2.24, 2.45) is 10.7 Å². The smallest absolute Gasteiger partial charge is 0.246 e. The topological polar surface area (TPSA) is 88.7 Å². The van der Waals surface area contributed by atoms with Gasteiger partial charge in [0.1, 0.15) is 6.54 Å². The van der Waals surface area contributed by atoms with Crippen LogP contribution in [0.1, 0.15) is 12.8 Å². The first-order valence-electron chi connectivity index (χ1n) is 6.84. The van der Waals surface area contributed by atoms with Crippen LogP contribution in [0.5, 0.6) is 0 Å². The molecule has 1 saturated heterocycles. The van der Waals surface area contributed by atoms with Crippen LogP contribution in [0.15, 0.2) is 33.7 Å². The summed E-state index contributed by atoms with van der Waals surface area (Å²) in [6, 6.07) is 7.37. The molecule has 1 aromatic rings. The number of hydrogen-bond donors (Lipinski definition) is 3. The van der Waals surface area contributed by atoms with Gasteiger partial charge in [-0.3, -0.25) is 4.79 Å². The van der Waals surface area contributed by atoms with Crippen LogP contribution in [0.3, 0.4) is 0 Å². The monoisotopic (exact) mass is 354 g/mol. The Bertz CT molecular complexity index is 515. The lowest BCUT2D eigenvalue weighted by Gasteiger charge is -2.11. The van der Waals surface area contributed by atoms with Gasteiger partial charge in [0.15, 0.2) is 5.96 Å². The van der Waals surface area contributed by atoms with Crippen LogP contribution in [0, 0.1) is 0 Å². The summed E-state index contributed by atoms with van der Waals surface area (Å²) in [4.78, 5) is 15.8. The molecule has 1 amide bonds. The van der Waals surface area contributed by atoms with Gasteiger partial charge >= 0.3 is 0 Å². The normalized spacial score (nSPS) is 18.5. The molecule has 0 spiro atoms. The SMILES string of the molecule is NC(=NCC(=O)Nc1cccc(Br)c1)NCC1CCCO1. The minimum absolute atomic E-state index is 0.0170. The second kappa shape index (κ2) is 7.99. The predicted molar refractivity (Wildman–Crippen MR) is 86.2 cm³/mol. The number of nitrogens with two attached hydrogens (primary N) is 1. The molecule has 0 aliphatic carbocycles. The van der Waals surface area contributed by atoms with E-state index in [-0.39, 0.29) is 24.5 Å². The Hall–Kier alpha value is -1.60. The predicted octanol–water partition coefficient (Wildman–Crippen LogP) is 1.47. The zero-order valence-corrected chi connectivity index (χ0v) is 13.2. The Morgan fingerprint density at radius 2 is 2.38 bits per heavy atom. The molecule has 1 atom stereocenters. The van der Waals surface area contributed by atoms with Gasteiger partial charge in [-0.2, -0.15) is 0 Å². The number of anilines is 1. The van der Waals surface area contributed by atoms with E-state index in [4.69, 9.17) is 10.5 Å². The van der Waals surface area contributed by atoms with Gasteiger partial charge in [-0.1, -0.05) is 22.0 Å². The maximum Gasteiger partial charge on any atom is 0.246 e. The van der Waals surface area contributed by atoms with Crippen molar-refractivity contribution in [1.29, 1.82) is 0 Å². The van der Waals surface area contributed by atoms with E-state index in [1.54, 1.807) is 0 Å². The fourth-order valence-corrected chi connectivity index (χ4v) is 2.40. The summed E-state index contributed by atoms with van der Waals surface area (Å²) in [5.41, 5.74) is 6.43. The van der Waals surface area contributed by atoms with E-state index >= 15 is 0 Å². The largest absolute Gasteiger partial charge is 0.376 e. The van der Waals surface area contributed by atoms with Crippen LogP contribution >= 0.6 is 15.9 Å². The average Bonchev–Trinajstić information content (AvgIpc) is 2.96. The summed E-state index contributed by atoms with van der Waals surface area (Å²) in [6.45, 7) is 1.41. The quantitative estimate of drug-likeness (QED) is 0.551. The molecule has 7 heteroatoms. The van der Waals surface area contributed by atoms with Crippen LogP contribution in [-0.4, -0.2) is 37.7 Å². The van der Waals surface area contributed by atoms with Gasteiger partial charge in [0.25, 0.3) is 0 Å². The Balaban J connectivity index is 1.72. The summed E-state index contributed by atoms with van der Waals surface area (Å²) in [6.07, 6.45) is 2.30. The lowest BCUT2D eigenvalue weighted by molar-refractivity contribution is -0.114. The third-order valence-corrected chi connectivity index (χ3v) is 3.53. The zero-order chi connectivity index (χ0) is 15.1. The van der Waals surface area contributed by atoms with Crippen molar-refractivity contribution in [3.8, 4) is 0 Å². The Morgan fingerprint density at radius 1 is 1.52 bits per heavy atom. The van der Waals surface area contributed by atoms with Crippen molar-refractivity contribution in [1.82, 2.24) is 5.32 Å². The van der Waals surface area contributed by atoms with Crippen LogP contribution < -0.4 is 16.4 Å². The first kappa shape index (κ1) is 15.8. The Morgan fingerprint density at radius 3 is 3.10 bits per heavy atom. The number of nitrogens with one attached hydrogen (secondary N) is 2. The average molecular weight is 355 g/mol. The number of rotatable bonds is 5. The fraction of sp³-hybridized carbons (Fsp3) is 0.429. The molecule has 4 N–H and O–H groups in total. The minimum atomic E-state index is -0.213. The maximum absolute atomic E-state index is 11.7. The molecule has 114 valence electrons. The summed E-state index contributed by atoms with van der Waals surface area (Å²) in [5.74, 6) is 0.0462. The first-order chi connectivity index (χ1) is 10.1. The van der Waals surface area contributed by atoms with E-state index in [1.807, 2.05) is 24.3 Å². The highest BCUT2D eigenvalue weighted by atomic mass is 79.9. The third-order valence-electron chi connectivity index (χ3n) is 3.04.